The molecule has 10 aromatic rings. The molecular formula is C44H26. The highest BCUT2D eigenvalue weighted by Crippen LogP contribution is 2.41. The van der Waals surface area contributed by atoms with Crippen molar-refractivity contribution in [3.8, 4) is 22.3 Å². The lowest BCUT2D eigenvalue weighted by Gasteiger charge is -2.15. The molecule has 10 rings (SSSR count). The van der Waals surface area contributed by atoms with E-state index >= 15 is 0 Å². The van der Waals surface area contributed by atoms with Crippen molar-refractivity contribution in [2.75, 3.05) is 0 Å². The Kier molecular flexibility index (Phi) is 4.81. The third-order valence-corrected chi connectivity index (χ3v) is 9.77. The van der Waals surface area contributed by atoms with Crippen LogP contribution >= 0.6 is 0 Å². The average Bonchev–Trinajstić information content (AvgIpc) is 3.09. The standard InChI is InChI=1S/C44H26/c1-2-9-35-27(5-1)15-22-40-37-21-18-32(25-33(37)19-23-39(35)40)36-10-4-6-28-11-14-34(26-42(28)36)38-20-16-31-13-12-29-7-3-8-30-17-24-41(38)44(31)43(29)30/h1-26H. The Morgan fingerprint density at radius 1 is 0.227 bits per heavy atom. The molecule has 0 N–H and O–H groups in total. The summed E-state index contributed by atoms with van der Waals surface area (Å²) in [6.45, 7) is 0. The van der Waals surface area contributed by atoms with Crippen LogP contribution in [0, 0.1) is 0 Å². The highest BCUT2D eigenvalue weighted by Gasteiger charge is 2.14. The summed E-state index contributed by atoms with van der Waals surface area (Å²) in [6.07, 6.45) is 0. The second kappa shape index (κ2) is 8.89. The van der Waals surface area contributed by atoms with E-state index in [0.717, 1.165) is 0 Å². The zero-order valence-corrected chi connectivity index (χ0v) is 24.0. The summed E-state index contributed by atoms with van der Waals surface area (Å²) in [6, 6.07) is 58.7. The van der Waals surface area contributed by atoms with Crippen molar-refractivity contribution in [2.45, 2.75) is 0 Å². The van der Waals surface area contributed by atoms with E-state index in [4.69, 9.17) is 0 Å². The first-order chi connectivity index (χ1) is 21.8. The van der Waals surface area contributed by atoms with Crippen LogP contribution in [0.15, 0.2) is 158 Å². The summed E-state index contributed by atoms with van der Waals surface area (Å²) in [7, 11) is 0. The first-order valence-electron chi connectivity index (χ1n) is 15.3. The van der Waals surface area contributed by atoms with Crippen LogP contribution in [-0.4, -0.2) is 0 Å². The van der Waals surface area contributed by atoms with Crippen LogP contribution < -0.4 is 0 Å². The van der Waals surface area contributed by atoms with E-state index in [0.29, 0.717) is 0 Å². The smallest absolute Gasteiger partial charge is 0.00206 e. The molecule has 10 aromatic carbocycles. The number of benzene rings is 10. The number of hydrogen-bond donors (Lipinski definition) is 0. The average molecular weight is 555 g/mol. The SMILES string of the molecule is c1cc(-c2ccc3c(ccc4c5ccccc5ccc34)c2)c2cc(-c3ccc4ccc5cccc6ccc3c4c56)ccc2c1. The van der Waals surface area contributed by atoms with Crippen LogP contribution in [0.2, 0.25) is 0 Å². The Morgan fingerprint density at radius 2 is 0.727 bits per heavy atom. The zero-order valence-electron chi connectivity index (χ0n) is 24.0. The van der Waals surface area contributed by atoms with Crippen LogP contribution in [-0.2, 0) is 0 Å². The molecular weight excluding hydrogens is 528 g/mol. The summed E-state index contributed by atoms with van der Waals surface area (Å²) in [5.41, 5.74) is 5.05. The first-order valence-corrected chi connectivity index (χ1v) is 15.3. The van der Waals surface area contributed by atoms with Crippen LogP contribution in [0.3, 0.4) is 0 Å². The van der Waals surface area contributed by atoms with Crippen molar-refractivity contribution in [1.82, 2.24) is 0 Å². The monoisotopic (exact) mass is 554 g/mol. The number of rotatable bonds is 2. The van der Waals surface area contributed by atoms with Crippen LogP contribution in [0.4, 0.5) is 0 Å². The third kappa shape index (κ3) is 3.34. The first kappa shape index (κ1) is 23.8. The zero-order chi connectivity index (χ0) is 28.8. The molecule has 0 heteroatoms. The molecule has 0 aliphatic carbocycles. The van der Waals surface area contributed by atoms with E-state index in [-0.39, 0.29) is 0 Å². The molecule has 0 fully saturated rings. The largest absolute Gasteiger partial charge is 0.0616 e. The van der Waals surface area contributed by atoms with Gasteiger partial charge in [-0.25, -0.2) is 0 Å². The molecule has 0 amide bonds. The molecule has 0 unspecified atom stereocenters. The van der Waals surface area contributed by atoms with Gasteiger partial charge in [0, 0.05) is 0 Å². The molecule has 0 saturated carbocycles. The van der Waals surface area contributed by atoms with Gasteiger partial charge in [-0.2, -0.15) is 0 Å². The Morgan fingerprint density at radius 3 is 1.61 bits per heavy atom. The van der Waals surface area contributed by atoms with E-state index < -0.39 is 0 Å². The fourth-order valence-electron chi connectivity index (χ4n) is 7.68. The van der Waals surface area contributed by atoms with Crippen LogP contribution in [0.25, 0.3) is 97.7 Å². The molecule has 0 heterocycles. The molecule has 0 atom stereocenters. The van der Waals surface area contributed by atoms with Gasteiger partial charge in [-0.05, 0) is 110 Å². The summed E-state index contributed by atoms with van der Waals surface area (Å²) in [5, 5.41) is 18.3. The predicted octanol–water partition coefficient (Wildman–Crippen LogP) is 12.5. The van der Waals surface area contributed by atoms with Gasteiger partial charge in [0.15, 0.2) is 0 Å². The van der Waals surface area contributed by atoms with Gasteiger partial charge in [-0.3, -0.25) is 0 Å². The second-order valence-corrected chi connectivity index (χ2v) is 12.1. The van der Waals surface area contributed by atoms with Gasteiger partial charge < -0.3 is 0 Å². The summed E-state index contributed by atoms with van der Waals surface area (Å²) in [4.78, 5) is 0. The molecule has 0 radical (unpaired) electrons. The van der Waals surface area contributed by atoms with Crippen molar-refractivity contribution < 1.29 is 0 Å². The minimum atomic E-state index is 1.25. The minimum absolute atomic E-state index is 1.25. The summed E-state index contributed by atoms with van der Waals surface area (Å²) in [5.74, 6) is 0. The molecule has 44 heavy (non-hydrogen) atoms. The lowest BCUT2D eigenvalue weighted by Crippen LogP contribution is -1.88. The quantitative estimate of drug-likeness (QED) is 0.186. The third-order valence-electron chi connectivity index (χ3n) is 9.77. The van der Waals surface area contributed by atoms with E-state index in [9.17, 15) is 0 Å². The predicted molar refractivity (Wildman–Crippen MR) is 191 cm³/mol. The Labute approximate surface area is 254 Å². The molecule has 0 saturated heterocycles. The molecule has 0 aliphatic heterocycles. The van der Waals surface area contributed by atoms with E-state index in [2.05, 4.69) is 158 Å². The minimum Gasteiger partial charge on any atom is -0.0616 e. The normalized spacial score (nSPS) is 12.1. The second-order valence-electron chi connectivity index (χ2n) is 12.1. The topological polar surface area (TPSA) is 0 Å². The molecule has 0 spiro atoms. The van der Waals surface area contributed by atoms with Gasteiger partial charge in [0.05, 0.1) is 0 Å². The van der Waals surface area contributed by atoms with Crippen molar-refractivity contribution in [2.24, 2.45) is 0 Å². The highest BCUT2D eigenvalue weighted by molar-refractivity contribution is 6.25. The van der Waals surface area contributed by atoms with Crippen molar-refractivity contribution in [1.29, 1.82) is 0 Å². The van der Waals surface area contributed by atoms with Crippen molar-refractivity contribution in [3.05, 3.63) is 158 Å². The fraction of sp³-hybridized carbons (Fsp3) is 0. The number of fused-ring (bicyclic) bond motifs is 6. The van der Waals surface area contributed by atoms with Crippen molar-refractivity contribution >= 4 is 75.4 Å². The van der Waals surface area contributed by atoms with Crippen molar-refractivity contribution in [3.63, 3.8) is 0 Å². The maximum atomic E-state index is 2.40. The van der Waals surface area contributed by atoms with Crippen LogP contribution in [0.5, 0.6) is 0 Å². The molecule has 0 nitrogen and oxygen atoms in total. The molecule has 0 bridgehead atoms. The van der Waals surface area contributed by atoms with E-state index in [1.54, 1.807) is 0 Å². The lowest BCUT2D eigenvalue weighted by atomic mass is 9.88. The van der Waals surface area contributed by atoms with Gasteiger partial charge in [0.2, 0.25) is 0 Å². The Balaban J connectivity index is 1.17. The lowest BCUT2D eigenvalue weighted by molar-refractivity contribution is 1.67. The molecule has 0 aromatic heterocycles. The van der Waals surface area contributed by atoms with E-state index in [1.165, 1.54) is 97.7 Å². The van der Waals surface area contributed by atoms with Crippen LogP contribution in [0.1, 0.15) is 0 Å². The maximum Gasteiger partial charge on any atom is -0.00206 e. The van der Waals surface area contributed by atoms with Gasteiger partial charge in [-0.15, -0.1) is 0 Å². The van der Waals surface area contributed by atoms with E-state index in [1.807, 2.05) is 0 Å². The maximum absolute atomic E-state index is 2.40. The Bertz CT molecular complexity index is 2750. The van der Waals surface area contributed by atoms with Gasteiger partial charge >= 0.3 is 0 Å². The van der Waals surface area contributed by atoms with Gasteiger partial charge in [-0.1, -0.05) is 146 Å². The Hall–Kier alpha value is -5.72. The highest BCUT2D eigenvalue weighted by atomic mass is 14.2. The summed E-state index contributed by atoms with van der Waals surface area (Å²) < 4.78 is 0. The van der Waals surface area contributed by atoms with Gasteiger partial charge in [0.25, 0.3) is 0 Å². The number of hydrogen-bond acceptors (Lipinski definition) is 0. The molecule has 0 aliphatic rings. The summed E-state index contributed by atoms with van der Waals surface area (Å²) >= 11 is 0. The fourth-order valence-corrected chi connectivity index (χ4v) is 7.68. The van der Waals surface area contributed by atoms with Gasteiger partial charge in [0.1, 0.15) is 0 Å². The molecule has 202 valence electrons.